The van der Waals surface area contributed by atoms with Gasteiger partial charge in [-0.3, -0.25) is 9.59 Å². The van der Waals surface area contributed by atoms with E-state index in [9.17, 15) is 19.8 Å². The lowest BCUT2D eigenvalue weighted by Gasteiger charge is -2.25. The van der Waals surface area contributed by atoms with E-state index in [1.54, 1.807) is 0 Å². The van der Waals surface area contributed by atoms with Crippen LogP contribution in [0.4, 0.5) is 11.4 Å². The van der Waals surface area contributed by atoms with Gasteiger partial charge >= 0.3 is 11.9 Å². The average Bonchev–Trinajstić information content (AvgIpc) is 3.93. The number of ether oxygens (including phenoxy) is 4. The van der Waals surface area contributed by atoms with Crippen molar-refractivity contribution in [2.45, 2.75) is 114 Å². The summed E-state index contributed by atoms with van der Waals surface area (Å²) in [6.07, 6.45) is 7.03. The number of carbonyl (C=O) groups excluding carboxylic acids is 2. The van der Waals surface area contributed by atoms with Crippen LogP contribution in [0.5, 0.6) is 0 Å². The van der Waals surface area contributed by atoms with Gasteiger partial charge in [-0.25, -0.2) is 0 Å². The number of epoxide rings is 2. The lowest BCUT2D eigenvalue weighted by atomic mass is 9.80. The van der Waals surface area contributed by atoms with E-state index in [-0.39, 0.29) is 71.2 Å². The number of aliphatic hydroxyl groups excluding tert-OH is 2. The third kappa shape index (κ3) is 7.81. The molecule has 0 radical (unpaired) electrons. The highest BCUT2D eigenvalue weighted by Crippen LogP contribution is 2.51. The largest absolute Gasteiger partial charge is 0.459 e. The molecule has 0 saturated carbocycles. The molecule has 4 N–H and O–H groups in total. The molecule has 12 atom stereocenters. The number of aliphatic hydroxyl groups is 2. The maximum atomic E-state index is 12.6. The number of esters is 2. The Morgan fingerprint density at radius 3 is 1.42 bits per heavy atom. The van der Waals surface area contributed by atoms with Crippen LogP contribution < -0.4 is 10.6 Å². The second kappa shape index (κ2) is 15.0. The molecule has 6 aliphatic rings. The standard InChI is InChI=1S/2C21H27NO4/c2*1-13-7-6-10-21(2)19(26-21)18-15(11-17(13)23)16(20(24)25-18)12-22-14-8-4-3-5-9-14/h2*3-5,7-9,15-19,22-23H,6,10-12H2,1-2H3/b2*13-7+/t2*15-,16-,17+,18-,19+,21+/m11/s1. The van der Waals surface area contributed by atoms with Crippen LogP contribution in [0.2, 0.25) is 0 Å². The summed E-state index contributed by atoms with van der Waals surface area (Å²) >= 11 is 0. The normalized spacial score (nSPS) is 41.3. The SMILES string of the molecule is C/C1=C\CC[C@]2(C)O[C@H]2[C@@H]2OC(=O)[C@H](CNc3ccccc3)[C@H]2C[C@@H]1O.C/C1=C\CC[C@]2(C)O[C@H]2[C@@H]2OC(=O)[C@H](CNc3ccccc3)[C@H]2C[C@@H]1O. The number of fused-ring (bicyclic) bond motifs is 6. The second-order valence-corrected chi connectivity index (χ2v) is 16.0. The molecule has 280 valence electrons. The zero-order valence-corrected chi connectivity index (χ0v) is 30.7. The van der Waals surface area contributed by atoms with E-state index in [0.29, 0.717) is 25.9 Å². The molecule has 0 aromatic heterocycles. The van der Waals surface area contributed by atoms with E-state index in [0.717, 1.165) is 48.2 Å². The first kappa shape index (κ1) is 36.6. The van der Waals surface area contributed by atoms with Crippen LogP contribution in [0.3, 0.4) is 0 Å². The van der Waals surface area contributed by atoms with Gasteiger partial charge in [0.15, 0.2) is 0 Å². The molecule has 2 aromatic carbocycles. The Kier molecular flexibility index (Phi) is 10.6. The molecule has 0 amide bonds. The van der Waals surface area contributed by atoms with Crippen LogP contribution >= 0.6 is 0 Å². The van der Waals surface area contributed by atoms with Gasteiger partial charge < -0.3 is 39.8 Å². The smallest absolute Gasteiger partial charge is 0.311 e. The van der Waals surface area contributed by atoms with Crippen molar-refractivity contribution in [1.29, 1.82) is 0 Å². The molecule has 10 nitrogen and oxygen atoms in total. The van der Waals surface area contributed by atoms with Gasteiger partial charge in [-0.2, -0.15) is 0 Å². The van der Waals surface area contributed by atoms with Gasteiger partial charge in [0, 0.05) is 36.3 Å². The fraction of sp³-hybridized carbons (Fsp3) is 0.571. The van der Waals surface area contributed by atoms with E-state index in [4.69, 9.17) is 18.9 Å². The van der Waals surface area contributed by atoms with E-state index in [1.807, 2.05) is 74.5 Å². The van der Waals surface area contributed by atoms with Crippen molar-refractivity contribution in [3.8, 4) is 0 Å². The minimum absolute atomic E-state index is 0.0537. The van der Waals surface area contributed by atoms with Gasteiger partial charge in [-0.15, -0.1) is 0 Å². The fourth-order valence-corrected chi connectivity index (χ4v) is 8.71. The summed E-state index contributed by atoms with van der Waals surface area (Å²) in [5.74, 6) is -1.04. The number of anilines is 2. The molecule has 8 rings (SSSR count). The van der Waals surface area contributed by atoms with Gasteiger partial charge in [0.1, 0.15) is 24.4 Å². The number of allylic oxidation sites excluding steroid dienone is 2. The first-order valence-electron chi connectivity index (χ1n) is 19.0. The van der Waals surface area contributed by atoms with Crippen molar-refractivity contribution in [3.05, 3.63) is 84.0 Å². The molecule has 0 unspecified atom stereocenters. The highest BCUT2D eigenvalue weighted by atomic mass is 16.7. The van der Waals surface area contributed by atoms with Crippen molar-refractivity contribution >= 4 is 23.3 Å². The predicted molar refractivity (Wildman–Crippen MR) is 197 cm³/mol. The summed E-state index contributed by atoms with van der Waals surface area (Å²) in [5.41, 5.74) is 3.47. The number of hydrogen-bond acceptors (Lipinski definition) is 10. The topological polar surface area (TPSA) is 142 Å². The maximum absolute atomic E-state index is 12.6. The van der Waals surface area contributed by atoms with Gasteiger partial charge in [0.2, 0.25) is 0 Å². The summed E-state index contributed by atoms with van der Waals surface area (Å²) in [4.78, 5) is 25.2. The van der Waals surface area contributed by atoms with Gasteiger partial charge in [0.25, 0.3) is 0 Å². The maximum Gasteiger partial charge on any atom is 0.311 e. The van der Waals surface area contributed by atoms with Crippen LogP contribution in [0, 0.1) is 23.7 Å². The Morgan fingerprint density at radius 2 is 1.04 bits per heavy atom. The number of rotatable bonds is 6. The highest BCUT2D eigenvalue weighted by molar-refractivity contribution is 5.77. The molecule has 2 aromatic rings. The zero-order chi connectivity index (χ0) is 36.6. The van der Waals surface area contributed by atoms with E-state index in [1.165, 1.54) is 0 Å². The van der Waals surface area contributed by atoms with Crippen LogP contribution in [0.25, 0.3) is 0 Å². The van der Waals surface area contributed by atoms with Gasteiger partial charge in [-0.1, -0.05) is 48.6 Å². The van der Waals surface area contributed by atoms with Gasteiger partial charge in [-0.05, 0) is 102 Å². The quantitative estimate of drug-likeness (QED) is 0.165. The lowest BCUT2D eigenvalue weighted by Crippen LogP contribution is -2.35. The molecule has 4 fully saturated rings. The fourth-order valence-electron chi connectivity index (χ4n) is 8.71. The number of para-hydroxylation sites is 2. The molecular formula is C42H54N2O8. The van der Waals surface area contributed by atoms with E-state index >= 15 is 0 Å². The molecular weight excluding hydrogens is 660 g/mol. The summed E-state index contributed by atoms with van der Waals surface area (Å²) in [5, 5.41) is 27.9. The number of nitrogens with one attached hydrogen (secondary N) is 2. The minimum atomic E-state index is -0.542. The van der Waals surface area contributed by atoms with E-state index < -0.39 is 12.2 Å². The number of hydrogen-bond donors (Lipinski definition) is 4. The van der Waals surface area contributed by atoms with Crippen molar-refractivity contribution in [2.24, 2.45) is 23.7 Å². The number of carbonyl (C=O) groups is 2. The Labute approximate surface area is 306 Å². The zero-order valence-electron chi connectivity index (χ0n) is 30.7. The Bertz CT molecular complexity index is 1530. The average molecular weight is 715 g/mol. The number of benzene rings is 2. The molecule has 0 bridgehead atoms. The summed E-state index contributed by atoms with van der Waals surface area (Å²) in [6.45, 7) is 9.12. The Hall–Kier alpha value is -3.70. The van der Waals surface area contributed by atoms with Crippen LogP contribution in [-0.2, 0) is 28.5 Å². The molecule has 2 aliphatic carbocycles. The molecule has 10 heteroatoms. The molecule has 4 saturated heterocycles. The minimum Gasteiger partial charge on any atom is -0.459 e. The Balaban J connectivity index is 0.000000162. The first-order chi connectivity index (χ1) is 25.0. The van der Waals surface area contributed by atoms with Crippen molar-refractivity contribution in [3.63, 3.8) is 0 Å². The van der Waals surface area contributed by atoms with Crippen molar-refractivity contribution < 1.29 is 38.7 Å². The molecule has 4 heterocycles. The van der Waals surface area contributed by atoms with Crippen molar-refractivity contribution in [1.82, 2.24) is 0 Å². The molecule has 4 aliphatic heterocycles. The third-order valence-electron chi connectivity index (χ3n) is 12.3. The summed E-state index contributed by atoms with van der Waals surface area (Å²) in [7, 11) is 0. The third-order valence-corrected chi connectivity index (χ3v) is 12.3. The van der Waals surface area contributed by atoms with Crippen molar-refractivity contribution in [2.75, 3.05) is 23.7 Å². The van der Waals surface area contributed by atoms with Gasteiger partial charge in [0.05, 0.1) is 35.2 Å². The summed E-state index contributed by atoms with van der Waals surface area (Å²) < 4.78 is 23.5. The van der Waals surface area contributed by atoms with Crippen LogP contribution in [0.15, 0.2) is 84.0 Å². The summed E-state index contributed by atoms with van der Waals surface area (Å²) in [6, 6.07) is 19.7. The highest BCUT2D eigenvalue weighted by Gasteiger charge is 2.64. The molecule has 0 spiro atoms. The van der Waals surface area contributed by atoms with Crippen LogP contribution in [0.1, 0.15) is 66.2 Å². The predicted octanol–water partition coefficient (Wildman–Crippen LogP) is 5.81. The molecule has 52 heavy (non-hydrogen) atoms. The lowest BCUT2D eigenvalue weighted by molar-refractivity contribution is -0.145. The Morgan fingerprint density at radius 1 is 0.654 bits per heavy atom. The monoisotopic (exact) mass is 714 g/mol. The van der Waals surface area contributed by atoms with E-state index in [2.05, 4.69) is 36.6 Å². The second-order valence-electron chi connectivity index (χ2n) is 16.0. The van der Waals surface area contributed by atoms with Crippen LogP contribution in [-0.4, -0.2) is 83.1 Å². The first-order valence-corrected chi connectivity index (χ1v) is 19.0.